The van der Waals surface area contributed by atoms with E-state index in [0.717, 1.165) is 54.1 Å². The van der Waals surface area contributed by atoms with Crippen LogP contribution in [0.4, 0.5) is 0 Å². The number of amides is 2. The highest BCUT2D eigenvalue weighted by molar-refractivity contribution is 7.99. The van der Waals surface area contributed by atoms with Gasteiger partial charge in [0.15, 0.2) is 0 Å². The van der Waals surface area contributed by atoms with Crippen molar-refractivity contribution in [3.05, 3.63) is 59.7 Å². The van der Waals surface area contributed by atoms with Gasteiger partial charge in [-0.25, -0.2) is 0 Å². The van der Waals surface area contributed by atoms with Crippen LogP contribution in [0.1, 0.15) is 56.6 Å². The Morgan fingerprint density at radius 1 is 0.943 bits per heavy atom. The molecule has 1 saturated carbocycles. The zero-order valence-electron chi connectivity index (χ0n) is 21.1. The van der Waals surface area contributed by atoms with E-state index < -0.39 is 6.04 Å². The Balaban J connectivity index is 1.68. The molecule has 6 nitrogen and oxygen atoms in total. The molecule has 0 aromatic heterocycles. The smallest absolute Gasteiger partial charge is 0.243 e. The van der Waals surface area contributed by atoms with Gasteiger partial charge >= 0.3 is 0 Å². The van der Waals surface area contributed by atoms with Gasteiger partial charge in [0, 0.05) is 18.3 Å². The van der Waals surface area contributed by atoms with E-state index >= 15 is 0 Å². The van der Waals surface area contributed by atoms with Crippen molar-refractivity contribution in [2.75, 3.05) is 20.0 Å². The summed E-state index contributed by atoms with van der Waals surface area (Å²) in [5.41, 5.74) is 2.11. The van der Waals surface area contributed by atoms with Gasteiger partial charge < -0.3 is 19.7 Å². The molecule has 1 atom stereocenters. The molecule has 2 aromatic carbocycles. The van der Waals surface area contributed by atoms with Gasteiger partial charge in [0.25, 0.3) is 0 Å². The van der Waals surface area contributed by atoms with Gasteiger partial charge in [-0.2, -0.15) is 0 Å². The number of carbonyl (C=O) groups is 2. The Kier molecular flexibility index (Phi) is 10.8. The van der Waals surface area contributed by atoms with Crippen molar-refractivity contribution in [1.82, 2.24) is 10.2 Å². The van der Waals surface area contributed by atoms with E-state index in [0.29, 0.717) is 18.7 Å². The number of methoxy groups -OCH3 is 2. The Morgan fingerprint density at radius 2 is 1.51 bits per heavy atom. The minimum atomic E-state index is -0.492. The maximum absolute atomic E-state index is 13.4. The van der Waals surface area contributed by atoms with Crippen LogP contribution < -0.4 is 14.8 Å². The minimum Gasteiger partial charge on any atom is -0.497 e. The van der Waals surface area contributed by atoms with E-state index in [4.69, 9.17) is 9.47 Å². The van der Waals surface area contributed by atoms with E-state index in [9.17, 15) is 9.59 Å². The van der Waals surface area contributed by atoms with E-state index in [1.807, 2.05) is 55.5 Å². The molecule has 2 amide bonds. The van der Waals surface area contributed by atoms with Gasteiger partial charge in [0.1, 0.15) is 17.5 Å². The largest absolute Gasteiger partial charge is 0.497 e. The number of rotatable bonds is 12. The first-order valence-corrected chi connectivity index (χ1v) is 13.6. The average Bonchev–Trinajstić information content (AvgIpc) is 2.89. The normalized spacial score (nSPS) is 14.7. The molecule has 3 rings (SSSR count). The molecule has 1 N–H and O–H groups in total. The highest BCUT2D eigenvalue weighted by atomic mass is 32.2. The summed E-state index contributed by atoms with van der Waals surface area (Å²) in [6, 6.07) is 15.3. The van der Waals surface area contributed by atoms with Crippen LogP contribution in [0.25, 0.3) is 0 Å². The number of hydrogen-bond donors (Lipinski definition) is 1. The Hall–Kier alpha value is -2.67. The third-order valence-corrected chi connectivity index (χ3v) is 7.49. The zero-order chi connectivity index (χ0) is 25.0. The van der Waals surface area contributed by atoms with Crippen LogP contribution >= 0.6 is 11.8 Å². The predicted octanol–water partition coefficient (Wildman–Crippen LogP) is 5.19. The van der Waals surface area contributed by atoms with E-state index in [1.54, 1.807) is 30.9 Å². The summed E-state index contributed by atoms with van der Waals surface area (Å²) in [6.07, 6.45) is 6.15. The van der Waals surface area contributed by atoms with Crippen LogP contribution in [-0.2, 0) is 21.9 Å². The maximum Gasteiger partial charge on any atom is 0.243 e. The molecule has 1 aliphatic rings. The topological polar surface area (TPSA) is 67.9 Å². The number of ether oxygens (including phenoxy) is 2. The van der Waals surface area contributed by atoms with Crippen LogP contribution in [0.2, 0.25) is 0 Å². The van der Waals surface area contributed by atoms with Gasteiger partial charge in [-0.15, -0.1) is 11.8 Å². The Bertz CT molecular complexity index is 927. The second-order valence-corrected chi connectivity index (χ2v) is 9.96. The van der Waals surface area contributed by atoms with Crippen LogP contribution in [0.5, 0.6) is 11.5 Å². The molecule has 0 spiro atoms. The van der Waals surface area contributed by atoms with Gasteiger partial charge in [0.2, 0.25) is 11.8 Å². The van der Waals surface area contributed by atoms with Crippen molar-refractivity contribution in [1.29, 1.82) is 0 Å². The fourth-order valence-electron chi connectivity index (χ4n) is 4.45. The molecule has 1 fully saturated rings. The molecule has 0 unspecified atom stereocenters. The number of thioether (sulfide) groups is 1. The van der Waals surface area contributed by atoms with Crippen LogP contribution in [0, 0.1) is 0 Å². The van der Waals surface area contributed by atoms with Crippen molar-refractivity contribution in [3.63, 3.8) is 0 Å². The maximum atomic E-state index is 13.4. The van der Waals surface area contributed by atoms with Gasteiger partial charge in [-0.1, -0.05) is 50.5 Å². The van der Waals surface area contributed by atoms with Crippen molar-refractivity contribution in [2.24, 2.45) is 0 Å². The standard InChI is InChI=1S/C28H38N2O4S/c1-4-26(28(32)29-23-8-6-5-7-9-23)30(18-21-10-14-24(33-2)15-11-21)27(31)20-35-19-22-12-16-25(34-3)17-13-22/h10-17,23,26H,4-9,18-20H2,1-3H3,(H,29,32)/t26-/m0/s1. The highest BCUT2D eigenvalue weighted by Crippen LogP contribution is 2.22. The SMILES string of the molecule is CC[C@@H](C(=O)NC1CCCCC1)N(Cc1ccc(OC)cc1)C(=O)CSCc1ccc(OC)cc1. The first-order chi connectivity index (χ1) is 17.0. The zero-order valence-corrected chi connectivity index (χ0v) is 21.9. The van der Waals surface area contributed by atoms with Crippen molar-refractivity contribution >= 4 is 23.6 Å². The summed E-state index contributed by atoms with van der Waals surface area (Å²) in [7, 11) is 3.28. The summed E-state index contributed by atoms with van der Waals surface area (Å²) in [4.78, 5) is 28.5. The molecule has 0 saturated heterocycles. The van der Waals surface area contributed by atoms with Crippen LogP contribution in [0.3, 0.4) is 0 Å². The lowest BCUT2D eigenvalue weighted by Crippen LogP contribution is -2.52. The van der Waals surface area contributed by atoms with E-state index in [-0.39, 0.29) is 17.9 Å². The molecule has 0 bridgehead atoms. The molecule has 0 heterocycles. The fraction of sp³-hybridized carbons (Fsp3) is 0.500. The van der Waals surface area contributed by atoms with Crippen molar-refractivity contribution in [2.45, 2.75) is 69.8 Å². The molecule has 7 heteroatoms. The van der Waals surface area contributed by atoms with Crippen molar-refractivity contribution in [3.8, 4) is 11.5 Å². The van der Waals surface area contributed by atoms with Gasteiger partial charge in [-0.05, 0) is 54.7 Å². The third kappa shape index (κ3) is 8.20. The Labute approximate surface area is 213 Å². The summed E-state index contributed by atoms with van der Waals surface area (Å²) < 4.78 is 10.5. The molecule has 1 aliphatic carbocycles. The van der Waals surface area contributed by atoms with Crippen LogP contribution in [0.15, 0.2) is 48.5 Å². The molecule has 0 radical (unpaired) electrons. The summed E-state index contributed by atoms with van der Waals surface area (Å²) >= 11 is 1.56. The van der Waals surface area contributed by atoms with E-state index in [1.165, 1.54) is 6.42 Å². The quantitative estimate of drug-likeness (QED) is 0.436. The minimum absolute atomic E-state index is 0.0232. The monoisotopic (exact) mass is 498 g/mol. The molecule has 190 valence electrons. The summed E-state index contributed by atoms with van der Waals surface area (Å²) in [5.74, 6) is 2.55. The second-order valence-electron chi connectivity index (χ2n) is 8.98. The highest BCUT2D eigenvalue weighted by Gasteiger charge is 2.30. The summed E-state index contributed by atoms with van der Waals surface area (Å²) in [6.45, 7) is 2.37. The first-order valence-electron chi connectivity index (χ1n) is 12.5. The first kappa shape index (κ1) is 26.9. The molecule has 2 aromatic rings. The lowest BCUT2D eigenvalue weighted by molar-refractivity contribution is -0.139. The lowest BCUT2D eigenvalue weighted by Gasteiger charge is -2.32. The van der Waals surface area contributed by atoms with Crippen LogP contribution in [-0.4, -0.2) is 48.8 Å². The average molecular weight is 499 g/mol. The number of nitrogens with one attached hydrogen (secondary N) is 1. The number of nitrogens with zero attached hydrogens (tertiary/aromatic N) is 1. The van der Waals surface area contributed by atoms with Gasteiger partial charge in [-0.3, -0.25) is 9.59 Å². The predicted molar refractivity (Wildman–Crippen MR) is 142 cm³/mol. The number of hydrogen-bond acceptors (Lipinski definition) is 5. The Morgan fingerprint density at radius 3 is 2.06 bits per heavy atom. The third-order valence-electron chi connectivity index (χ3n) is 6.50. The van der Waals surface area contributed by atoms with E-state index in [2.05, 4.69) is 5.32 Å². The van der Waals surface area contributed by atoms with Crippen molar-refractivity contribution < 1.29 is 19.1 Å². The lowest BCUT2D eigenvalue weighted by atomic mass is 9.95. The number of benzene rings is 2. The fourth-order valence-corrected chi connectivity index (χ4v) is 5.32. The number of carbonyl (C=O) groups excluding carboxylic acids is 2. The molecule has 35 heavy (non-hydrogen) atoms. The van der Waals surface area contributed by atoms with Gasteiger partial charge in [0.05, 0.1) is 20.0 Å². The molecular weight excluding hydrogens is 460 g/mol. The molecule has 0 aliphatic heterocycles. The molecular formula is C28H38N2O4S. The second kappa shape index (κ2) is 14.0. The summed E-state index contributed by atoms with van der Waals surface area (Å²) in [5, 5.41) is 3.23.